The Morgan fingerprint density at radius 2 is 1.96 bits per heavy atom. The number of nitrogens with one attached hydrogen (secondary N) is 2. The number of aryl methyl sites for hydroxylation is 1. The van der Waals surface area contributed by atoms with E-state index in [-0.39, 0.29) is 57.0 Å². The predicted octanol–water partition coefficient (Wildman–Crippen LogP) is 4.34. The minimum atomic E-state index is -4.75. The summed E-state index contributed by atoms with van der Waals surface area (Å²) in [6, 6.07) is 4.35. The van der Waals surface area contributed by atoms with Crippen molar-refractivity contribution in [2.24, 2.45) is 12.9 Å². The Morgan fingerprint density at radius 3 is 2.64 bits per heavy atom. The molecular weight excluding hydrogens is 617 g/mol. The monoisotopic (exact) mass is 655 g/mol. The maximum Gasteiger partial charge on any atom is 0.504 e. The van der Waals surface area contributed by atoms with Gasteiger partial charge in [0, 0.05) is 46.4 Å². The lowest BCUT2D eigenvalue weighted by molar-refractivity contribution is -0.212. The summed E-state index contributed by atoms with van der Waals surface area (Å²) in [4.78, 5) is 35.3. The zero-order valence-corrected chi connectivity index (χ0v) is 25.8. The SMILES string of the molecule is [2H]C([2H])([2H])n1c(=O)n([C@@H]2CC[C@](C)(NC(=O)C3CC3)C2)c2cc(Nc3ccc4nn(CC(C)(C)O)c(-c5cnn(C(F)(F)F)c5)c4n3)ncc21. The fourth-order valence-corrected chi connectivity index (χ4v) is 6.39. The molecule has 7 rings (SSSR count). The topological polar surface area (TPSA) is 150 Å². The van der Waals surface area contributed by atoms with E-state index in [1.54, 1.807) is 32.0 Å². The highest BCUT2D eigenvalue weighted by Crippen LogP contribution is 2.40. The summed E-state index contributed by atoms with van der Waals surface area (Å²) in [7, 11) is 0. The second-order valence-electron chi connectivity index (χ2n) is 13.4. The minimum absolute atomic E-state index is 0.00599. The van der Waals surface area contributed by atoms with E-state index in [0.29, 0.717) is 30.3 Å². The number of aliphatic hydroxyl groups is 1. The third-order valence-electron chi connectivity index (χ3n) is 8.71. The zero-order valence-electron chi connectivity index (χ0n) is 28.8. The number of nitrogens with zero attached hydrogens (tertiary/aromatic N) is 8. The van der Waals surface area contributed by atoms with Crippen LogP contribution in [0.3, 0.4) is 0 Å². The summed E-state index contributed by atoms with van der Waals surface area (Å²) in [5.74, 6) is 0.465. The van der Waals surface area contributed by atoms with E-state index < -0.39 is 36.1 Å². The molecule has 0 radical (unpaired) electrons. The molecule has 13 nitrogen and oxygen atoms in total. The maximum atomic E-state index is 13.7. The van der Waals surface area contributed by atoms with Crippen molar-refractivity contribution in [3.8, 4) is 11.3 Å². The average molecular weight is 656 g/mol. The average Bonchev–Trinajstić information content (AvgIpc) is 3.28. The molecule has 0 unspecified atom stereocenters. The Hall–Kier alpha value is -4.73. The first-order chi connectivity index (χ1) is 23.3. The summed E-state index contributed by atoms with van der Waals surface area (Å²) >= 11 is 0. The minimum Gasteiger partial charge on any atom is -0.389 e. The van der Waals surface area contributed by atoms with Gasteiger partial charge in [-0.2, -0.15) is 14.9 Å². The molecule has 248 valence electrons. The van der Waals surface area contributed by atoms with Gasteiger partial charge in [0.25, 0.3) is 0 Å². The molecule has 1 amide bonds. The van der Waals surface area contributed by atoms with Crippen molar-refractivity contribution in [3.05, 3.63) is 47.3 Å². The summed E-state index contributed by atoms with van der Waals surface area (Å²) in [6.07, 6.45) is 1.68. The smallest absolute Gasteiger partial charge is 0.389 e. The van der Waals surface area contributed by atoms with E-state index in [9.17, 15) is 27.9 Å². The molecule has 16 heteroatoms. The molecule has 5 aromatic heterocycles. The van der Waals surface area contributed by atoms with Crippen LogP contribution in [-0.2, 0) is 24.6 Å². The number of halogens is 3. The normalized spacial score (nSPS) is 21.6. The van der Waals surface area contributed by atoms with Gasteiger partial charge in [0.1, 0.15) is 22.7 Å². The maximum absolute atomic E-state index is 13.7. The van der Waals surface area contributed by atoms with Crippen molar-refractivity contribution in [2.75, 3.05) is 5.32 Å². The van der Waals surface area contributed by atoms with Crippen molar-refractivity contribution in [2.45, 2.75) is 82.9 Å². The third kappa shape index (κ3) is 5.85. The van der Waals surface area contributed by atoms with E-state index in [0.717, 1.165) is 29.8 Å². The molecule has 2 saturated carbocycles. The molecule has 5 aromatic rings. The molecule has 0 spiro atoms. The Bertz CT molecular complexity index is 2190. The van der Waals surface area contributed by atoms with Crippen LogP contribution in [0.5, 0.6) is 0 Å². The van der Waals surface area contributed by atoms with Crippen molar-refractivity contribution in [3.63, 3.8) is 0 Å². The largest absolute Gasteiger partial charge is 0.504 e. The van der Waals surface area contributed by atoms with E-state index in [1.165, 1.54) is 15.4 Å². The lowest BCUT2D eigenvalue weighted by Crippen LogP contribution is -2.45. The van der Waals surface area contributed by atoms with Gasteiger partial charge < -0.3 is 15.7 Å². The van der Waals surface area contributed by atoms with Gasteiger partial charge in [0.05, 0.1) is 41.3 Å². The first kappa shape index (κ1) is 27.4. The molecule has 2 aliphatic carbocycles. The van der Waals surface area contributed by atoms with E-state index in [4.69, 9.17) is 4.11 Å². The first-order valence-electron chi connectivity index (χ1n) is 16.7. The number of carbonyl (C=O) groups excluding carboxylic acids is 1. The highest BCUT2D eigenvalue weighted by atomic mass is 19.4. The molecule has 0 aliphatic heterocycles. The Balaban J connectivity index is 1.27. The van der Waals surface area contributed by atoms with Crippen LogP contribution in [0.1, 0.15) is 63.0 Å². The second-order valence-corrected chi connectivity index (χ2v) is 13.4. The van der Waals surface area contributed by atoms with Gasteiger partial charge in [0.15, 0.2) is 0 Å². The van der Waals surface area contributed by atoms with Crippen LogP contribution in [0.2, 0.25) is 0 Å². The van der Waals surface area contributed by atoms with Gasteiger partial charge >= 0.3 is 12.0 Å². The fourth-order valence-electron chi connectivity index (χ4n) is 6.39. The Kier molecular flexibility index (Phi) is 6.21. The zero-order chi connectivity index (χ0) is 36.0. The Morgan fingerprint density at radius 1 is 1.17 bits per heavy atom. The van der Waals surface area contributed by atoms with Gasteiger partial charge in [-0.25, -0.2) is 14.8 Å². The van der Waals surface area contributed by atoms with E-state index in [1.807, 2.05) is 6.92 Å². The number of imidazole rings is 1. The molecule has 5 heterocycles. The van der Waals surface area contributed by atoms with Crippen LogP contribution < -0.4 is 16.3 Å². The standard InChI is InChI=1S/C31H35F3N10O3/c1-29(2,47)16-42-26(18-13-36-43(15-18)31(32,33)34)25-20(40-42)7-8-23(38-25)37-24-11-21-22(14-35-24)41(4)28(46)44(21)19-9-10-30(3,12-19)39-27(45)17-5-6-17/h7-8,11,13-15,17,19,47H,5-6,9-10,12,16H2,1-4H3,(H,39,45)(H,35,37,38)/t19-,30+/m1/s1/i4D3. The quantitative estimate of drug-likeness (QED) is 0.224. The van der Waals surface area contributed by atoms with Crippen LogP contribution in [0.25, 0.3) is 33.3 Å². The first-order valence-corrected chi connectivity index (χ1v) is 15.2. The Labute approximate surface area is 270 Å². The summed E-state index contributed by atoms with van der Waals surface area (Å²) in [5.41, 5.74) is -1.26. The predicted molar refractivity (Wildman–Crippen MR) is 167 cm³/mol. The highest BCUT2D eigenvalue weighted by molar-refractivity contribution is 5.91. The number of carbonyl (C=O) groups is 1. The van der Waals surface area contributed by atoms with Gasteiger partial charge in [-0.15, -0.1) is 13.2 Å². The number of hydrogen-bond acceptors (Lipinski definition) is 8. The van der Waals surface area contributed by atoms with Crippen LogP contribution in [0.15, 0.2) is 41.6 Å². The van der Waals surface area contributed by atoms with Gasteiger partial charge in [-0.1, -0.05) is 0 Å². The number of aromatic nitrogens is 8. The van der Waals surface area contributed by atoms with Crippen LogP contribution in [0.4, 0.5) is 24.8 Å². The number of amides is 1. The summed E-state index contributed by atoms with van der Waals surface area (Å²) in [5, 5.41) is 24.7. The molecular formula is C31H35F3N10O3. The van der Waals surface area contributed by atoms with Crippen LogP contribution >= 0.6 is 0 Å². The molecule has 2 fully saturated rings. The fraction of sp³-hybridized carbons (Fsp3) is 0.484. The third-order valence-corrected chi connectivity index (χ3v) is 8.71. The summed E-state index contributed by atoms with van der Waals surface area (Å²) in [6.45, 7) is 2.17. The lowest BCUT2D eigenvalue weighted by Gasteiger charge is -2.26. The van der Waals surface area contributed by atoms with Crippen molar-refractivity contribution < 1.29 is 27.2 Å². The van der Waals surface area contributed by atoms with Gasteiger partial charge in [-0.05, 0) is 65.0 Å². The number of pyridine rings is 2. The lowest BCUT2D eigenvalue weighted by atomic mass is 10.00. The van der Waals surface area contributed by atoms with E-state index >= 15 is 0 Å². The molecule has 3 N–H and O–H groups in total. The van der Waals surface area contributed by atoms with E-state index in [2.05, 4.69) is 30.8 Å². The molecule has 2 aliphatic rings. The van der Waals surface area contributed by atoms with Crippen molar-refractivity contribution >= 4 is 39.6 Å². The van der Waals surface area contributed by atoms with Crippen LogP contribution in [-0.4, -0.2) is 60.8 Å². The molecule has 47 heavy (non-hydrogen) atoms. The number of alkyl halides is 3. The van der Waals surface area contributed by atoms with Crippen LogP contribution in [0, 0.1) is 5.92 Å². The second kappa shape index (κ2) is 10.7. The number of anilines is 2. The number of rotatable bonds is 8. The van der Waals surface area contributed by atoms with Crippen molar-refractivity contribution in [1.82, 2.24) is 44.0 Å². The number of fused-ring (bicyclic) bond motifs is 2. The molecule has 2 atom stereocenters. The molecule has 0 aromatic carbocycles. The van der Waals surface area contributed by atoms with Gasteiger partial charge in [0.2, 0.25) is 5.91 Å². The number of hydrogen-bond donors (Lipinski definition) is 3. The van der Waals surface area contributed by atoms with Crippen molar-refractivity contribution in [1.29, 1.82) is 0 Å². The molecule has 0 saturated heterocycles. The summed E-state index contributed by atoms with van der Waals surface area (Å²) < 4.78 is 67.9. The molecule has 0 bridgehead atoms. The highest BCUT2D eigenvalue weighted by Gasteiger charge is 2.41. The van der Waals surface area contributed by atoms with Gasteiger partial charge in [-0.3, -0.25) is 18.6 Å².